The van der Waals surface area contributed by atoms with Gasteiger partial charge in [0.2, 0.25) is 0 Å². The number of rotatable bonds is 3. The van der Waals surface area contributed by atoms with E-state index in [9.17, 15) is 17.6 Å². The number of carbonyl (C=O) groups is 1. The summed E-state index contributed by atoms with van der Waals surface area (Å²) in [7, 11) is -3.52. The van der Waals surface area contributed by atoms with Crippen LogP contribution in [-0.4, -0.2) is 30.4 Å². The number of carbonyl (C=O) groups excluding carboxylic acids is 1. The van der Waals surface area contributed by atoms with E-state index in [-0.39, 0.29) is 22.0 Å². The molecule has 0 unspecified atom stereocenters. The standard InChI is InChI=1S/C11H11FN4O3S/c1-20(18,19)6-2-3-9(8(12)4-6)16-10(13)7(5-15-16)11(14)17/h2-5H,13H2,1H3,(H2,14,17). The number of halogens is 1. The van der Waals surface area contributed by atoms with Crippen LogP contribution in [0.3, 0.4) is 0 Å². The van der Waals surface area contributed by atoms with E-state index < -0.39 is 21.6 Å². The molecule has 0 atom stereocenters. The number of hydrogen-bond acceptors (Lipinski definition) is 5. The van der Waals surface area contributed by atoms with Crippen molar-refractivity contribution in [3.63, 3.8) is 0 Å². The summed E-state index contributed by atoms with van der Waals surface area (Å²) >= 11 is 0. The quantitative estimate of drug-likeness (QED) is 0.832. The maximum absolute atomic E-state index is 14.0. The molecule has 106 valence electrons. The maximum Gasteiger partial charge on any atom is 0.254 e. The van der Waals surface area contributed by atoms with Crippen LogP contribution in [-0.2, 0) is 9.84 Å². The first-order valence-corrected chi connectivity index (χ1v) is 7.24. The molecule has 0 aliphatic carbocycles. The van der Waals surface area contributed by atoms with Gasteiger partial charge in [0.05, 0.1) is 11.1 Å². The molecule has 0 fully saturated rings. The lowest BCUT2D eigenvalue weighted by Crippen LogP contribution is -2.13. The van der Waals surface area contributed by atoms with Crippen LogP contribution in [0.2, 0.25) is 0 Å². The van der Waals surface area contributed by atoms with Crippen molar-refractivity contribution in [3.05, 3.63) is 35.8 Å². The summed E-state index contributed by atoms with van der Waals surface area (Å²) in [6.45, 7) is 0. The van der Waals surface area contributed by atoms with Crippen LogP contribution in [0.5, 0.6) is 0 Å². The van der Waals surface area contributed by atoms with Gasteiger partial charge in [-0.05, 0) is 18.2 Å². The molecule has 0 saturated heterocycles. The molecule has 0 radical (unpaired) electrons. The highest BCUT2D eigenvalue weighted by atomic mass is 32.2. The second-order valence-corrected chi connectivity index (χ2v) is 6.12. The van der Waals surface area contributed by atoms with Gasteiger partial charge in [0, 0.05) is 6.26 Å². The number of aromatic nitrogens is 2. The largest absolute Gasteiger partial charge is 0.383 e. The van der Waals surface area contributed by atoms with Gasteiger partial charge in [-0.2, -0.15) is 5.10 Å². The second-order valence-electron chi connectivity index (χ2n) is 4.10. The Bertz CT molecular complexity index is 798. The highest BCUT2D eigenvalue weighted by molar-refractivity contribution is 7.90. The predicted octanol–water partition coefficient (Wildman–Crippen LogP) is 0.0960. The van der Waals surface area contributed by atoms with Gasteiger partial charge in [-0.15, -0.1) is 0 Å². The van der Waals surface area contributed by atoms with Crippen molar-refractivity contribution in [1.29, 1.82) is 0 Å². The third-order valence-electron chi connectivity index (χ3n) is 2.65. The number of amides is 1. The van der Waals surface area contributed by atoms with Crippen LogP contribution in [0.15, 0.2) is 29.3 Å². The summed E-state index contributed by atoms with van der Waals surface area (Å²) in [4.78, 5) is 10.9. The lowest BCUT2D eigenvalue weighted by Gasteiger charge is -2.07. The minimum atomic E-state index is -3.52. The Morgan fingerprint density at radius 2 is 2.05 bits per heavy atom. The Morgan fingerprint density at radius 1 is 1.40 bits per heavy atom. The molecule has 2 rings (SSSR count). The fourth-order valence-corrected chi connectivity index (χ4v) is 2.26. The van der Waals surface area contributed by atoms with Crippen molar-refractivity contribution in [2.45, 2.75) is 4.90 Å². The molecule has 1 heterocycles. The Hall–Kier alpha value is -2.42. The van der Waals surface area contributed by atoms with Crippen LogP contribution >= 0.6 is 0 Å². The molecule has 7 nitrogen and oxygen atoms in total. The van der Waals surface area contributed by atoms with Gasteiger partial charge in [0.1, 0.15) is 22.9 Å². The SMILES string of the molecule is CS(=O)(=O)c1ccc(-n2ncc(C(N)=O)c2N)c(F)c1. The molecule has 0 aliphatic rings. The summed E-state index contributed by atoms with van der Waals surface area (Å²) in [5.74, 6) is -1.75. The number of nitrogen functional groups attached to an aromatic ring is 1. The zero-order chi connectivity index (χ0) is 15.1. The normalized spacial score (nSPS) is 11.5. The minimum Gasteiger partial charge on any atom is -0.383 e. The van der Waals surface area contributed by atoms with Crippen molar-refractivity contribution in [3.8, 4) is 5.69 Å². The van der Waals surface area contributed by atoms with Crippen LogP contribution in [0, 0.1) is 5.82 Å². The van der Waals surface area contributed by atoms with Gasteiger partial charge in [-0.25, -0.2) is 17.5 Å². The lowest BCUT2D eigenvalue weighted by atomic mass is 10.3. The summed E-state index contributed by atoms with van der Waals surface area (Å²) in [6, 6.07) is 3.29. The average Bonchev–Trinajstić information content (AvgIpc) is 2.70. The molecule has 20 heavy (non-hydrogen) atoms. The number of hydrogen-bond donors (Lipinski definition) is 2. The molecular weight excluding hydrogens is 287 g/mol. The van der Waals surface area contributed by atoms with Gasteiger partial charge in [0.25, 0.3) is 5.91 Å². The lowest BCUT2D eigenvalue weighted by molar-refractivity contribution is 0.100. The molecular formula is C11H11FN4O3S. The molecule has 9 heteroatoms. The Kier molecular flexibility index (Phi) is 3.22. The van der Waals surface area contributed by atoms with Crippen molar-refractivity contribution < 1.29 is 17.6 Å². The number of benzene rings is 1. The Morgan fingerprint density at radius 3 is 2.50 bits per heavy atom. The zero-order valence-electron chi connectivity index (χ0n) is 10.4. The van der Waals surface area contributed by atoms with E-state index >= 15 is 0 Å². The summed E-state index contributed by atoms with van der Waals surface area (Å²) < 4.78 is 37.6. The minimum absolute atomic E-state index is 0.0448. The van der Waals surface area contributed by atoms with Gasteiger partial charge in [-0.1, -0.05) is 0 Å². The number of sulfone groups is 1. The van der Waals surface area contributed by atoms with Crippen molar-refractivity contribution in [1.82, 2.24) is 9.78 Å². The third kappa shape index (κ3) is 2.35. The number of nitrogens with two attached hydrogens (primary N) is 2. The molecule has 0 aliphatic heterocycles. The third-order valence-corrected chi connectivity index (χ3v) is 3.76. The van der Waals surface area contributed by atoms with E-state index in [1.807, 2.05) is 0 Å². The van der Waals surface area contributed by atoms with E-state index in [4.69, 9.17) is 11.5 Å². The predicted molar refractivity (Wildman–Crippen MR) is 69.6 cm³/mol. The molecule has 1 aromatic heterocycles. The van der Waals surface area contributed by atoms with Gasteiger partial charge in [0.15, 0.2) is 9.84 Å². The molecule has 1 aromatic carbocycles. The van der Waals surface area contributed by atoms with Crippen molar-refractivity contribution in [2.75, 3.05) is 12.0 Å². The molecule has 0 bridgehead atoms. The maximum atomic E-state index is 14.0. The topological polar surface area (TPSA) is 121 Å². The van der Waals surface area contributed by atoms with Crippen LogP contribution in [0.1, 0.15) is 10.4 Å². The Balaban J connectivity index is 2.58. The first kappa shape index (κ1) is 14.0. The van der Waals surface area contributed by atoms with E-state index in [1.165, 1.54) is 12.1 Å². The van der Waals surface area contributed by atoms with Crippen molar-refractivity contribution in [2.24, 2.45) is 5.73 Å². The van der Waals surface area contributed by atoms with E-state index in [0.717, 1.165) is 23.2 Å². The second kappa shape index (κ2) is 4.60. The van der Waals surface area contributed by atoms with Crippen LogP contribution < -0.4 is 11.5 Å². The highest BCUT2D eigenvalue weighted by Crippen LogP contribution is 2.22. The van der Waals surface area contributed by atoms with Crippen LogP contribution in [0.4, 0.5) is 10.2 Å². The summed E-state index contributed by atoms with van der Waals surface area (Å²) in [6.07, 6.45) is 2.08. The van der Waals surface area contributed by atoms with Gasteiger partial charge >= 0.3 is 0 Å². The smallest absolute Gasteiger partial charge is 0.254 e. The fourth-order valence-electron chi connectivity index (χ4n) is 1.63. The van der Waals surface area contributed by atoms with E-state index in [1.54, 1.807) is 0 Å². The first-order valence-electron chi connectivity index (χ1n) is 5.35. The molecule has 0 spiro atoms. The monoisotopic (exact) mass is 298 g/mol. The number of anilines is 1. The fraction of sp³-hybridized carbons (Fsp3) is 0.0909. The van der Waals surface area contributed by atoms with Crippen LogP contribution in [0.25, 0.3) is 5.69 Å². The molecule has 4 N–H and O–H groups in total. The zero-order valence-corrected chi connectivity index (χ0v) is 11.2. The Labute approximate surface area is 113 Å². The summed E-state index contributed by atoms with van der Waals surface area (Å²) in [5, 5.41) is 3.76. The molecule has 1 amide bonds. The average molecular weight is 298 g/mol. The van der Waals surface area contributed by atoms with Crippen molar-refractivity contribution >= 4 is 21.6 Å². The number of nitrogens with zero attached hydrogens (tertiary/aromatic N) is 2. The highest BCUT2D eigenvalue weighted by Gasteiger charge is 2.17. The van der Waals surface area contributed by atoms with Gasteiger partial charge in [-0.3, -0.25) is 4.79 Å². The van der Waals surface area contributed by atoms with E-state index in [2.05, 4.69) is 5.10 Å². The van der Waals surface area contributed by atoms with Gasteiger partial charge < -0.3 is 11.5 Å². The first-order chi connectivity index (χ1) is 9.21. The number of primary amides is 1. The molecule has 2 aromatic rings. The summed E-state index contributed by atoms with van der Waals surface area (Å²) in [5.41, 5.74) is 10.6. The molecule has 0 saturated carbocycles. The van der Waals surface area contributed by atoms with E-state index in [0.29, 0.717) is 0 Å².